The summed E-state index contributed by atoms with van der Waals surface area (Å²) >= 11 is 0. The molecule has 2 aromatic heterocycles. The van der Waals surface area contributed by atoms with E-state index in [0.29, 0.717) is 12.8 Å². The maximum absolute atomic E-state index is 7.39. The Hall–Kier alpha value is -9.51. The molecule has 4 heteroatoms. The molecule has 0 N–H and O–H groups in total. The third-order valence-corrected chi connectivity index (χ3v) is 17.5. The number of rotatable bonds is 6. The third-order valence-electron chi connectivity index (χ3n) is 17.5. The first kappa shape index (κ1) is 44.8. The van der Waals surface area contributed by atoms with E-state index < -0.39 is 10.8 Å². The van der Waals surface area contributed by atoms with E-state index in [2.05, 4.69) is 260 Å². The van der Waals surface area contributed by atoms with Crippen LogP contribution in [0.3, 0.4) is 0 Å². The summed E-state index contributed by atoms with van der Waals surface area (Å²) < 4.78 is 14.1. The first-order chi connectivity index (χ1) is 38.7. The van der Waals surface area contributed by atoms with Gasteiger partial charge in [0.1, 0.15) is 28.8 Å². The summed E-state index contributed by atoms with van der Waals surface area (Å²) in [5.74, 6) is 4.73. The van der Waals surface area contributed by atoms with Gasteiger partial charge in [-0.05, 0) is 92.8 Å². The second-order valence-electron chi connectivity index (χ2n) is 21.4. The molecule has 4 aliphatic carbocycles. The number of furan rings is 1. The van der Waals surface area contributed by atoms with Crippen molar-refractivity contribution in [3.05, 3.63) is 322 Å². The zero-order valence-corrected chi connectivity index (χ0v) is 43.0. The van der Waals surface area contributed by atoms with Crippen molar-refractivity contribution in [3.63, 3.8) is 0 Å². The van der Waals surface area contributed by atoms with Crippen molar-refractivity contribution in [2.75, 3.05) is 4.90 Å². The van der Waals surface area contributed by atoms with Crippen molar-refractivity contribution in [2.24, 2.45) is 0 Å². The van der Waals surface area contributed by atoms with Crippen LogP contribution in [0.5, 0.6) is 11.5 Å². The largest absolute Gasteiger partial charge is 0.464 e. The highest BCUT2D eigenvalue weighted by Gasteiger charge is 2.54. The summed E-state index contributed by atoms with van der Waals surface area (Å²) in [5, 5.41) is 4.47. The van der Waals surface area contributed by atoms with E-state index in [1.165, 1.54) is 55.6 Å². The summed E-state index contributed by atoms with van der Waals surface area (Å²) in [4.78, 5) is 8.21. The van der Waals surface area contributed by atoms with E-state index in [0.717, 1.165) is 103 Å². The zero-order chi connectivity index (χ0) is 51.4. The Labute approximate surface area is 454 Å². The monoisotopic (exact) mass is 1000 g/mol. The van der Waals surface area contributed by atoms with Gasteiger partial charge in [-0.3, -0.25) is 4.90 Å². The van der Waals surface area contributed by atoms with Gasteiger partial charge < -0.3 is 9.15 Å². The molecule has 0 amide bonds. The zero-order valence-electron chi connectivity index (χ0n) is 43.0. The quantitative estimate of drug-likeness (QED) is 0.156. The number of anilines is 2. The van der Waals surface area contributed by atoms with Gasteiger partial charge in [0.05, 0.1) is 16.5 Å². The molecule has 1 atom stereocenters. The summed E-state index contributed by atoms with van der Waals surface area (Å²) in [6.07, 6.45) is 22.0. The van der Waals surface area contributed by atoms with Gasteiger partial charge in [0.15, 0.2) is 0 Å². The van der Waals surface area contributed by atoms with Gasteiger partial charge in [-0.15, -0.1) is 0 Å². The lowest BCUT2D eigenvalue weighted by molar-refractivity contribution is 0.447. The van der Waals surface area contributed by atoms with Gasteiger partial charge in [0.25, 0.3) is 0 Å². The summed E-state index contributed by atoms with van der Waals surface area (Å²) in [5.41, 5.74) is 17.8. The number of benzene rings is 9. The topological polar surface area (TPSA) is 38.5 Å². The number of aromatic nitrogens is 1. The van der Waals surface area contributed by atoms with Crippen molar-refractivity contribution >= 4 is 39.1 Å². The smallest absolute Gasteiger partial charge is 0.145 e. The Bertz CT molecular complexity index is 4320. The lowest BCUT2D eigenvalue weighted by Gasteiger charge is -2.40. The van der Waals surface area contributed by atoms with Crippen LogP contribution in [0.2, 0.25) is 0 Å². The fraction of sp³-hybridized carbons (Fsp3) is 0.0946. The Kier molecular flexibility index (Phi) is 10.1. The van der Waals surface area contributed by atoms with Crippen LogP contribution in [-0.4, -0.2) is 4.98 Å². The number of pyridine rings is 1. The highest BCUT2D eigenvalue weighted by Crippen LogP contribution is 2.66. The van der Waals surface area contributed by atoms with E-state index in [4.69, 9.17) is 14.1 Å². The van der Waals surface area contributed by atoms with Gasteiger partial charge in [-0.25, -0.2) is 4.98 Å². The maximum Gasteiger partial charge on any atom is 0.145 e. The molecule has 370 valence electrons. The van der Waals surface area contributed by atoms with Crippen LogP contribution in [0.25, 0.3) is 49.9 Å². The fourth-order valence-electron chi connectivity index (χ4n) is 14.3. The molecule has 11 aromatic rings. The Morgan fingerprint density at radius 3 is 1.90 bits per heavy atom. The first-order valence-electron chi connectivity index (χ1n) is 27.5. The second kappa shape index (κ2) is 17.5. The highest BCUT2D eigenvalue weighted by atomic mass is 16.5. The van der Waals surface area contributed by atoms with Crippen LogP contribution in [0.1, 0.15) is 73.6 Å². The molecular formula is C74H52N2O2. The molecule has 78 heavy (non-hydrogen) atoms. The predicted octanol–water partition coefficient (Wildman–Crippen LogP) is 17.9. The van der Waals surface area contributed by atoms with E-state index >= 15 is 0 Å². The lowest BCUT2D eigenvalue weighted by atomic mass is 9.65. The van der Waals surface area contributed by atoms with Gasteiger partial charge in [-0.1, -0.05) is 231 Å². The number of ether oxygens (including phenoxy) is 1. The summed E-state index contributed by atoms with van der Waals surface area (Å²) in [6.45, 7) is 0. The van der Waals surface area contributed by atoms with E-state index in [1.807, 2.05) is 0 Å². The molecule has 5 aliphatic rings. The molecule has 9 aromatic carbocycles. The standard InChI is InChI=1S/C74H52N2O2/c1-2-10-37-66-55(30-9-1)56-42-41-52(27-19-38-67(56)77-66)76(65-36-20-35-61-68(65)57-31-15-17-33-59(57)73(61,51-25-7-4-8-26-51)47-48-21-5-3-6-22-48)72-69-58-32-16-18-34-60(58)74(62(69)45-46-75-72)63-43-39-49-23-11-13-28-53(49)70(63)78-71-54-29-14-12-24-50(54)40-44-64(71)74/h2-36,39-41,43-46H,1,37-38,42,47H2/b10-2-,27-19-,30-9?,52-41?. The molecule has 16 rings (SSSR count). The molecule has 0 radical (unpaired) electrons. The average molecular weight is 1000 g/mol. The maximum atomic E-state index is 7.39. The van der Waals surface area contributed by atoms with Crippen LogP contribution in [0, 0.1) is 0 Å². The fourth-order valence-corrected chi connectivity index (χ4v) is 14.3. The normalized spacial score (nSPS) is 17.6. The Balaban J connectivity index is 1.00. The Morgan fingerprint density at radius 2 is 1.13 bits per heavy atom. The molecule has 1 aliphatic heterocycles. The van der Waals surface area contributed by atoms with Gasteiger partial charge in [0.2, 0.25) is 0 Å². The minimum atomic E-state index is -0.760. The molecule has 0 bridgehead atoms. The SMILES string of the molecule is C1=Cc2c(oc3c2CC=C(N(c2cccc4c2-c2ccccc2C4(Cc2ccccc2)c2ccccc2)c2nccc4c2-c2ccccc2C42c4ccc5ccccc5c4Oc4c2ccc2ccccc42)/C=C\C3)C/C=C\C1. The molecule has 1 spiro atoms. The number of hydrogen-bond donors (Lipinski definition) is 0. The van der Waals surface area contributed by atoms with Crippen molar-refractivity contribution in [1.29, 1.82) is 0 Å². The molecule has 0 saturated carbocycles. The molecule has 3 heterocycles. The minimum Gasteiger partial charge on any atom is -0.464 e. The molecule has 4 nitrogen and oxygen atoms in total. The van der Waals surface area contributed by atoms with Crippen molar-refractivity contribution < 1.29 is 9.15 Å². The van der Waals surface area contributed by atoms with Crippen LogP contribution < -0.4 is 9.64 Å². The summed E-state index contributed by atoms with van der Waals surface area (Å²) in [7, 11) is 0. The molecule has 0 saturated heterocycles. The van der Waals surface area contributed by atoms with Crippen molar-refractivity contribution in [3.8, 4) is 33.8 Å². The van der Waals surface area contributed by atoms with Crippen LogP contribution in [0.15, 0.2) is 259 Å². The van der Waals surface area contributed by atoms with Gasteiger partial charge >= 0.3 is 0 Å². The van der Waals surface area contributed by atoms with E-state index in [-0.39, 0.29) is 0 Å². The van der Waals surface area contributed by atoms with E-state index in [1.54, 1.807) is 0 Å². The van der Waals surface area contributed by atoms with Gasteiger partial charge in [0, 0.05) is 68.9 Å². The Morgan fingerprint density at radius 1 is 0.474 bits per heavy atom. The van der Waals surface area contributed by atoms with Crippen LogP contribution in [0.4, 0.5) is 11.5 Å². The van der Waals surface area contributed by atoms with Crippen LogP contribution in [-0.2, 0) is 36.5 Å². The number of nitrogens with zero attached hydrogens (tertiary/aromatic N) is 2. The lowest BCUT2D eigenvalue weighted by Crippen LogP contribution is -2.32. The average Bonchev–Trinajstić information content (AvgIpc) is 3.09. The third kappa shape index (κ3) is 6.38. The molecule has 0 fully saturated rings. The van der Waals surface area contributed by atoms with Crippen LogP contribution >= 0.6 is 0 Å². The number of allylic oxidation sites excluding steroid dienone is 6. The number of fused-ring (bicyclic) bond motifs is 19. The minimum absolute atomic E-state index is 0.492. The number of hydrogen-bond acceptors (Lipinski definition) is 4. The van der Waals surface area contributed by atoms with Crippen molar-refractivity contribution in [1.82, 2.24) is 4.98 Å². The first-order valence-corrected chi connectivity index (χ1v) is 27.5. The highest BCUT2D eigenvalue weighted by molar-refractivity contribution is 6.03. The predicted molar refractivity (Wildman–Crippen MR) is 317 cm³/mol. The second-order valence-corrected chi connectivity index (χ2v) is 21.4. The molecule has 1 unspecified atom stereocenters. The molecular weight excluding hydrogens is 949 g/mol. The van der Waals surface area contributed by atoms with Gasteiger partial charge in [-0.2, -0.15) is 0 Å². The summed E-state index contributed by atoms with van der Waals surface area (Å²) in [6, 6.07) is 76.3. The van der Waals surface area contributed by atoms with Crippen molar-refractivity contribution in [2.45, 2.75) is 42.9 Å². The van der Waals surface area contributed by atoms with E-state index in [9.17, 15) is 0 Å².